The maximum Gasteiger partial charge on any atom is 0.308 e. The van der Waals surface area contributed by atoms with Gasteiger partial charge < -0.3 is 26.0 Å². The zero-order valence-corrected chi connectivity index (χ0v) is 23.3. The molecule has 1 heterocycles. The second kappa shape index (κ2) is 15.9. The topological polar surface area (TPSA) is 131 Å². The number of rotatable bonds is 13. The molecule has 1 aliphatic heterocycles. The van der Waals surface area contributed by atoms with Gasteiger partial charge in [0.15, 0.2) is 0 Å². The van der Waals surface area contributed by atoms with Gasteiger partial charge in [0.25, 0.3) is 0 Å². The minimum atomic E-state index is -1.21. The summed E-state index contributed by atoms with van der Waals surface area (Å²) in [5.74, 6) is -2.09. The van der Waals surface area contributed by atoms with Crippen molar-refractivity contribution in [2.45, 2.75) is 63.8 Å². The third-order valence-electron chi connectivity index (χ3n) is 6.94. The first-order valence-electron chi connectivity index (χ1n) is 13.1. The van der Waals surface area contributed by atoms with Crippen molar-refractivity contribution < 1.29 is 23.9 Å². The molecule has 4 atom stereocenters. The minimum Gasteiger partial charge on any atom is -0.461 e. The highest BCUT2D eigenvalue weighted by Crippen LogP contribution is 2.21. The van der Waals surface area contributed by atoms with Crippen LogP contribution in [-0.4, -0.2) is 60.3 Å². The number of hydrogen-bond donors (Lipinski definition) is 3. The molecular weight excluding hydrogens is 520 g/mol. The van der Waals surface area contributed by atoms with Gasteiger partial charge in [-0.3, -0.25) is 19.2 Å². The Morgan fingerprint density at radius 3 is 2.26 bits per heavy atom. The molecule has 0 unspecified atom stereocenters. The van der Waals surface area contributed by atoms with Crippen LogP contribution >= 0.6 is 12.4 Å². The molecule has 4 N–H and O–H groups in total. The van der Waals surface area contributed by atoms with E-state index in [0.717, 1.165) is 30.4 Å². The average Bonchev–Trinajstić information content (AvgIpc) is 3.39. The molecule has 39 heavy (non-hydrogen) atoms. The molecule has 1 aliphatic rings. The van der Waals surface area contributed by atoms with Crippen molar-refractivity contribution >= 4 is 36.1 Å². The number of carbonyl (C=O) groups is 4. The van der Waals surface area contributed by atoms with Crippen molar-refractivity contribution in [1.82, 2.24) is 15.5 Å². The van der Waals surface area contributed by atoms with Crippen molar-refractivity contribution in [3.05, 3.63) is 71.8 Å². The Labute approximate surface area is 236 Å². The molecule has 9 nitrogen and oxygen atoms in total. The molecule has 0 saturated carbocycles. The Bertz CT molecular complexity index is 1090. The number of nitrogens with two attached hydrogens (primary N) is 1. The lowest BCUT2D eigenvalue weighted by molar-refractivity contribution is -0.150. The Hall–Kier alpha value is -3.43. The first-order valence-corrected chi connectivity index (χ1v) is 13.1. The average molecular weight is 559 g/mol. The number of likely N-dealkylation sites (N-methyl/N-ethyl adjacent to an activating group) is 1. The zero-order chi connectivity index (χ0) is 27.5. The first kappa shape index (κ1) is 31.8. The van der Waals surface area contributed by atoms with Crippen LogP contribution in [0.4, 0.5) is 0 Å². The van der Waals surface area contributed by atoms with Crippen LogP contribution in [0.1, 0.15) is 43.7 Å². The summed E-state index contributed by atoms with van der Waals surface area (Å²) in [7, 11) is 1.46. The van der Waals surface area contributed by atoms with Crippen LogP contribution in [0.3, 0.4) is 0 Å². The highest BCUT2D eigenvalue weighted by atomic mass is 35.5. The maximum absolute atomic E-state index is 13.6. The van der Waals surface area contributed by atoms with Crippen LogP contribution in [0, 0.1) is 5.92 Å². The van der Waals surface area contributed by atoms with E-state index in [2.05, 4.69) is 17.6 Å². The van der Waals surface area contributed by atoms with Crippen LogP contribution in [0.25, 0.3) is 0 Å². The molecule has 2 aromatic rings. The van der Waals surface area contributed by atoms with Gasteiger partial charge in [-0.15, -0.1) is 12.4 Å². The molecule has 0 spiro atoms. The van der Waals surface area contributed by atoms with E-state index in [0.29, 0.717) is 6.54 Å². The van der Waals surface area contributed by atoms with E-state index in [9.17, 15) is 19.2 Å². The third-order valence-corrected chi connectivity index (χ3v) is 6.94. The SMILES string of the molecule is CCC[C@H]1CCN[C@@H]1C(=O)N[C@@H](CC(=O)OCc1ccccc1)C(=O)N(C)[C@@H](Cc1ccccc1)C(N)=O.Cl. The summed E-state index contributed by atoms with van der Waals surface area (Å²) in [6.45, 7) is 2.82. The normalized spacial score (nSPS) is 17.8. The Morgan fingerprint density at radius 1 is 1.05 bits per heavy atom. The molecule has 0 aromatic heterocycles. The number of nitrogens with one attached hydrogen (secondary N) is 2. The predicted octanol–water partition coefficient (Wildman–Crippen LogP) is 2.36. The van der Waals surface area contributed by atoms with Gasteiger partial charge in [-0.25, -0.2) is 0 Å². The number of ether oxygens (including phenoxy) is 1. The van der Waals surface area contributed by atoms with E-state index in [1.807, 2.05) is 60.7 Å². The van der Waals surface area contributed by atoms with Crippen LogP contribution in [-0.2, 0) is 36.9 Å². The number of nitrogens with zero attached hydrogens (tertiary/aromatic N) is 1. The number of primary amides is 1. The van der Waals surface area contributed by atoms with Gasteiger partial charge in [0, 0.05) is 13.5 Å². The van der Waals surface area contributed by atoms with Crippen molar-refractivity contribution in [2.75, 3.05) is 13.6 Å². The van der Waals surface area contributed by atoms with Crippen molar-refractivity contribution in [2.24, 2.45) is 11.7 Å². The summed E-state index contributed by atoms with van der Waals surface area (Å²) in [5, 5.41) is 5.98. The number of benzene rings is 2. The molecule has 0 aliphatic carbocycles. The van der Waals surface area contributed by atoms with E-state index in [1.54, 1.807) is 0 Å². The van der Waals surface area contributed by atoms with Gasteiger partial charge >= 0.3 is 5.97 Å². The van der Waals surface area contributed by atoms with Gasteiger partial charge in [-0.1, -0.05) is 74.0 Å². The van der Waals surface area contributed by atoms with E-state index in [-0.39, 0.29) is 43.7 Å². The number of hydrogen-bond acceptors (Lipinski definition) is 6. The second-order valence-electron chi connectivity index (χ2n) is 9.74. The Balaban J connectivity index is 0.00000533. The van der Waals surface area contributed by atoms with Gasteiger partial charge in [0.1, 0.15) is 18.7 Å². The Kier molecular flexibility index (Phi) is 12.9. The highest BCUT2D eigenvalue weighted by molar-refractivity contribution is 5.95. The molecule has 2 aromatic carbocycles. The van der Waals surface area contributed by atoms with Crippen LogP contribution in [0.15, 0.2) is 60.7 Å². The number of carbonyl (C=O) groups excluding carboxylic acids is 4. The zero-order valence-electron chi connectivity index (χ0n) is 22.5. The van der Waals surface area contributed by atoms with Gasteiger partial charge in [0.2, 0.25) is 17.7 Å². The molecule has 212 valence electrons. The quantitative estimate of drug-likeness (QED) is 0.323. The number of amides is 3. The van der Waals surface area contributed by atoms with E-state index in [4.69, 9.17) is 10.5 Å². The minimum absolute atomic E-state index is 0. The van der Waals surface area contributed by atoms with E-state index < -0.39 is 35.9 Å². The highest BCUT2D eigenvalue weighted by Gasteiger charge is 2.37. The number of halogens is 1. The predicted molar refractivity (Wildman–Crippen MR) is 151 cm³/mol. The summed E-state index contributed by atoms with van der Waals surface area (Å²) in [6.07, 6.45) is 2.52. The molecule has 1 fully saturated rings. The molecule has 0 radical (unpaired) electrons. The Morgan fingerprint density at radius 2 is 1.67 bits per heavy atom. The summed E-state index contributed by atoms with van der Waals surface area (Å²) in [5.41, 5.74) is 7.30. The van der Waals surface area contributed by atoms with Crippen molar-refractivity contribution in [3.63, 3.8) is 0 Å². The third kappa shape index (κ3) is 9.37. The second-order valence-corrected chi connectivity index (χ2v) is 9.74. The summed E-state index contributed by atoms with van der Waals surface area (Å²) in [6, 6.07) is 15.8. The molecule has 10 heteroatoms. The van der Waals surface area contributed by atoms with Crippen LogP contribution < -0.4 is 16.4 Å². The smallest absolute Gasteiger partial charge is 0.308 e. The summed E-state index contributed by atoms with van der Waals surface area (Å²) < 4.78 is 5.39. The first-order chi connectivity index (χ1) is 18.3. The fourth-order valence-corrected chi connectivity index (χ4v) is 4.84. The lowest BCUT2D eigenvalue weighted by Crippen LogP contribution is -2.57. The van der Waals surface area contributed by atoms with E-state index in [1.165, 1.54) is 11.9 Å². The van der Waals surface area contributed by atoms with Crippen LogP contribution in [0.5, 0.6) is 0 Å². The number of esters is 1. The molecule has 3 rings (SSSR count). The van der Waals surface area contributed by atoms with Gasteiger partial charge in [-0.05, 0) is 36.4 Å². The molecule has 0 bridgehead atoms. The monoisotopic (exact) mass is 558 g/mol. The lowest BCUT2D eigenvalue weighted by atomic mass is 9.94. The fraction of sp³-hybridized carbons (Fsp3) is 0.448. The van der Waals surface area contributed by atoms with Gasteiger partial charge in [-0.2, -0.15) is 0 Å². The molecule has 1 saturated heterocycles. The van der Waals surface area contributed by atoms with Crippen molar-refractivity contribution in [1.29, 1.82) is 0 Å². The summed E-state index contributed by atoms with van der Waals surface area (Å²) >= 11 is 0. The molecule has 3 amide bonds. The lowest BCUT2D eigenvalue weighted by Gasteiger charge is -2.30. The van der Waals surface area contributed by atoms with Crippen molar-refractivity contribution in [3.8, 4) is 0 Å². The maximum atomic E-state index is 13.6. The van der Waals surface area contributed by atoms with Gasteiger partial charge in [0.05, 0.1) is 12.5 Å². The van der Waals surface area contributed by atoms with Crippen LogP contribution in [0.2, 0.25) is 0 Å². The largest absolute Gasteiger partial charge is 0.461 e. The standard InChI is InChI=1S/C29H38N4O5.ClH/c1-3-10-22-15-16-31-26(22)28(36)32-23(18-25(34)38-19-21-13-8-5-9-14-21)29(37)33(2)24(27(30)35)17-20-11-6-4-7-12-20;/h4-9,11-14,22-24,26,31H,3,10,15-19H2,1-2H3,(H2,30,35)(H,32,36);1H/t22-,23-,24-,26-;/m0./s1. The summed E-state index contributed by atoms with van der Waals surface area (Å²) in [4.78, 5) is 53.2. The van der Waals surface area contributed by atoms with E-state index >= 15 is 0 Å². The molecular formula is C29H39ClN4O5. The fourth-order valence-electron chi connectivity index (χ4n) is 4.84.